The molecule has 1 fully saturated rings. The van der Waals surface area contributed by atoms with Gasteiger partial charge in [-0.3, -0.25) is 0 Å². The zero-order valence-electron chi connectivity index (χ0n) is 13.3. The molecule has 2 amide bonds. The molecule has 122 valence electrons. The highest BCUT2D eigenvalue weighted by molar-refractivity contribution is 5.74. The molecule has 0 aromatic carbocycles. The molecule has 1 aliphatic heterocycles. The van der Waals surface area contributed by atoms with Crippen LogP contribution in [-0.4, -0.2) is 47.9 Å². The minimum atomic E-state index is -0.369. The standard InChI is InChI=1S/C16H26N4O2/c1-12(2)14(21)6-9-18-16(22)19-13-7-10-20(11-13)15-5-3-4-8-17-15/h3-5,8,12-14,21H,6-7,9-11H2,1-2H3,(H2,18,19,22). The lowest BCUT2D eigenvalue weighted by atomic mass is 10.0. The molecule has 1 aromatic heterocycles. The first-order valence-corrected chi connectivity index (χ1v) is 7.94. The third kappa shape index (κ3) is 4.87. The molecular formula is C16H26N4O2. The van der Waals surface area contributed by atoms with E-state index >= 15 is 0 Å². The Bertz CT molecular complexity index is 466. The summed E-state index contributed by atoms with van der Waals surface area (Å²) in [5, 5.41) is 15.5. The zero-order chi connectivity index (χ0) is 15.9. The lowest BCUT2D eigenvalue weighted by molar-refractivity contribution is 0.116. The number of carbonyl (C=O) groups excluding carboxylic acids is 1. The molecule has 2 unspecified atom stereocenters. The van der Waals surface area contributed by atoms with Crippen molar-refractivity contribution in [1.82, 2.24) is 15.6 Å². The van der Waals surface area contributed by atoms with Crippen molar-refractivity contribution in [2.45, 2.75) is 38.8 Å². The Morgan fingerprint density at radius 2 is 2.32 bits per heavy atom. The number of amides is 2. The summed E-state index contributed by atoms with van der Waals surface area (Å²) in [4.78, 5) is 18.4. The Morgan fingerprint density at radius 1 is 1.50 bits per heavy atom. The third-order valence-electron chi connectivity index (χ3n) is 3.99. The Kier molecular flexibility index (Phi) is 6.00. The second-order valence-corrected chi connectivity index (χ2v) is 6.12. The van der Waals surface area contributed by atoms with Crippen molar-refractivity contribution >= 4 is 11.8 Å². The molecule has 1 saturated heterocycles. The lowest BCUT2D eigenvalue weighted by Gasteiger charge is -2.18. The molecule has 6 heteroatoms. The number of aliphatic hydroxyl groups is 1. The lowest BCUT2D eigenvalue weighted by Crippen LogP contribution is -2.44. The quantitative estimate of drug-likeness (QED) is 0.742. The summed E-state index contributed by atoms with van der Waals surface area (Å²) in [7, 11) is 0. The Labute approximate surface area is 131 Å². The van der Waals surface area contributed by atoms with Gasteiger partial charge in [-0.25, -0.2) is 9.78 Å². The van der Waals surface area contributed by atoms with Crippen molar-refractivity contribution in [3.63, 3.8) is 0 Å². The number of hydrogen-bond acceptors (Lipinski definition) is 4. The van der Waals surface area contributed by atoms with Crippen LogP contribution in [0.2, 0.25) is 0 Å². The Balaban J connectivity index is 1.68. The molecule has 1 aromatic rings. The van der Waals surface area contributed by atoms with E-state index in [0.29, 0.717) is 13.0 Å². The first kappa shape index (κ1) is 16.5. The molecule has 0 aliphatic carbocycles. The fourth-order valence-corrected chi connectivity index (χ4v) is 2.53. The number of urea groups is 1. The van der Waals surface area contributed by atoms with E-state index in [1.807, 2.05) is 32.0 Å². The SMILES string of the molecule is CC(C)C(O)CCNC(=O)NC1CCN(c2ccccn2)C1. The molecule has 6 nitrogen and oxygen atoms in total. The van der Waals surface area contributed by atoms with Crippen LogP contribution in [0.1, 0.15) is 26.7 Å². The van der Waals surface area contributed by atoms with Crippen LogP contribution >= 0.6 is 0 Å². The maximum atomic E-state index is 11.9. The van der Waals surface area contributed by atoms with Crippen LogP contribution < -0.4 is 15.5 Å². The predicted molar refractivity (Wildman–Crippen MR) is 86.9 cm³/mol. The largest absolute Gasteiger partial charge is 0.393 e. The molecule has 0 saturated carbocycles. The smallest absolute Gasteiger partial charge is 0.315 e. The molecular weight excluding hydrogens is 280 g/mol. The van der Waals surface area contributed by atoms with E-state index in [1.54, 1.807) is 6.20 Å². The van der Waals surface area contributed by atoms with Crippen LogP contribution in [0.25, 0.3) is 0 Å². The predicted octanol–water partition coefficient (Wildman–Crippen LogP) is 1.37. The molecule has 1 aliphatic rings. The van der Waals surface area contributed by atoms with Crippen molar-refractivity contribution in [1.29, 1.82) is 0 Å². The number of anilines is 1. The number of rotatable bonds is 6. The molecule has 2 atom stereocenters. The number of nitrogens with zero attached hydrogens (tertiary/aromatic N) is 2. The second kappa shape index (κ2) is 7.98. The fourth-order valence-electron chi connectivity index (χ4n) is 2.53. The van der Waals surface area contributed by atoms with Gasteiger partial charge in [-0.05, 0) is 30.9 Å². The van der Waals surface area contributed by atoms with Gasteiger partial charge < -0.3 is 20.6 Å². The van der Waals surface area contributed by atoms with Gasteiger partial charge in [-0.15, -0.1) is 0 Å². The summed E-state index contributed by atoms with van der Waals surface area (Å²) in [6, 6.07) is 5.82. The number of nitrogens with one attached hydrogen (secondary N) is 2. The number of aliphatic hydroxyl groups excluding tert-OH is 1. The van der Waals surface area contributed by atoms with Gasteiger partial charge in [0.05, 0.1) is 6.10 Å². The molecule has 2 rings (SSSR count). The van der Waals surface area contributed by atoms with Gasteiger partial charge in [0.2, 0.25) is 0 Å². The summed E-state index contributed by atoms with van der Waals surface area (Å²) in [5.41, 5.74) is 0. The normalized spacial score (nSPS) is 19.3. The van der Waals surface area contributed by atoms with Crippen LogP contribution in [0.15, 0.2) is 24.4 Å². The minimum Gasteiger partial charge on any atom is -0.393 e. The highest BCUT2D eigenvalue weighted by Crippen LogP contribution is 2.17. The van der Waals surface area contributed by atoms with Crippen molar-refractivity contribution in [2.75, 3.05) is 24.5 Å². The average molecular weight is 306 g/mol. The van der Waals surface area contributed by atoms with E-state index in [2.05, 4.69) is 20.5 Å². The minimum absolute atomic E-state index is 0.136. The number of carbonyl (C=O) groups is 1. The summed E-state index contributed by atoms with van der Waals surface area (Å²) >= 11 is 0. The van der Waals surface area contributed by atoms with Crippen LogP contribution in [0.5, 0.6) is 0 Å². The highest BCUT2D eigenvalue weighted by atomic mass is 16.3. The monoisotopic (exact) mass is 306 g/mol. The van der Waals surface area contributed by atoms with Crippen molar-refractivity contribution < 1.29 is 9.90 Å². The Morgan fingerprint density at radius 3 is 3.00 bits per heavy atom. The van der Waals surface area contributed by atoms with Crippen LogP contribution in [0.4, 0.5) is 10.6 Å². The van der Waals surface area contributed by atoms with Crippen LogP contribution in [0.3, 0.4) is 0 Å². The summed E-state index contributed by atoms with van der Waals surface area (Å²) < 4.78 is 0. The number of aromatic nitrogens is 1. The highest BCUT2D eigenvalue weighted by Gasteiger charge is 2.24. The first-order valence-electron chi connectivity index (χ1n) is 7.94. The molecule has 0 radical (unpaired) electrons. The van der Waals surface area contributed by atoms with Crippen molar-refractivity contribution in [3.05, 3.63) is 24.4 Å². The van der Waals surface area contributed by atoms with Crippen molar-refractivity contribution in [2.24, 2.45) is 5.92 Å². The topological polar surface area (TPSA) is 77.5 Å². The fraction of sp³-hybridized carbons (Fsp3) is 0.625. The number of hydrogen-bond donors (Lipinski definition) is 3. The Hall–Kier alpha value is -1.82. The van der Waals surface area contributed by atoms with E-state index < -0.39 is 0 Å². The van der Waals surface area contributed by atoms with Crippen LogP contribution in [0, 0.1) is 5.92 Å². The van der Waals surface area contributed by atoms with E-state index in [9.17, 15) is 9.90 Å². The molecule has 0 bridgehead atoms. The maximum absolute atomic E-state index is 11.9. The molecule has 3 N–H and O–H groups in total. The summed E-state index contributed by atoms with van der Waals surface area (Å²) in [6.45, 7) is 6.10. The van der Waals surface area contributed by atoms with Crippen LogP contribution in [-0.2, 0) is 0 Å². The van der Waals surface area contributed by atoms with E-state index in [1.165, 1.54) is 0 Å². The summed E-state index contributed by atoms with van der Waals surface area (Å²) in [5.74, 6) is 1.17. The van der Waals surface area contributed by atoms with E-state index in [-0.39, 0.29) is 24.1 Å². The molecule has 0 spiro atoms. The van der Waals surface area contributed by atoms with Gasteiger partial charge >= 0.3 is 6.03 Å². The molecule has 2 heterocycles. The molecule has 22 heavy (non-hydrogen) atoms. The van der Waals surface area contributed by atoms with Gasteiger partial charge in [0.15, 0.2) is 0 Å². The zero-order valence-corrected chi connectivity index (χ0v) is 13.3. The number of pyridine rings is 1. The van der Waals surface area contributed by atoms with E-state index in [0.717, 1.165) is 25.3 Å². The van der Waals surface area contributed by atoms with E-state index in [4.69, 9.17) is 0 Å². The summed E-state index contributed by atoms with van der Waals surface area (Å²) in [6.07, 6.45) is 2.91. The van der Waals surface area contributed by atoms with Gasteiger partial charge in [0.25, 0.3) is 0 Å². The third-order valence-corrected chi connectivity index (χ3v) is 3.99. The first-order chi connectivity index (χ1) is 10.6. The average Bonchev–Trinajstić information content (AvgIpc) is 2.96. The van der Waals surface area contributed by atoms with Gasteiger partial charge in [0, 0.05) is 31.9 Å². The van der Waals surface area contributed by atoms with Gasteiger partial charge in [-0.2, -0.15) is 0 Å². The van der Waals surface area contributed by atoms with Gasteiger partial charge in [0.1, 0.15) is 5.82 Å². The second-order valence-electron chi connectivity index (χ2n) is 6.12. The van der Waals surface area contributed by atoms with Crippen molar-refractivity contribution in [3.8, 4) is 0 Å². The maximum Gasteiger partial charge on any atom is 0.315 e. The van der Waals surface area contributed by atoms with Gasteiger partial charge in [-0.1, -0.05) is 19.9 Å².